The molecule has 0 aliphatic carbocycles. The van der Waals surface area contributed by atoms with Crippen molar-refractivity contribution >= 4 is 5.91 Å². The lowest BCUT2D eigenvalue weighted by molar-refractivity contribution is 0.0696. The van der Waals surface area contributed by atoms with Crippen LogP contribution in [-0.4, -0.2) is 23.9 Å². The van der Waals surface area contributed by atoms with E-state index in [1.807, 2.05) is 0 Å². The fourth-order valence-electron chi connectivity index (χ4n) is 2.02. The number of rotatable bonds is 1. The summed E-state index contributed by atoms with van der Waals surface area (Å²) in [6, 6.07) is 3.30. The summed E-state index contributed by atoms with van der Waals surface area (Å²) in [5, 5.41) is 0. The summed E-state index contributed by atoms with van der Waals surface area (Å²) in [4.78, 5) is 13.7. The Labute approximate surface area is 99.2 Å². The average Bonchev–Trinajstić information content (AvgIpc) is 2.33. The quantitative estimate of drug-likeness (QED) is 0.738. The van der Waals surface area contributed by atoms with Gasteiger partial charge >= 0.3 is 0 Å². The van der Waals surface area contributed by atoms with Gasteiger partial charge in [0.25, 0.3) is 5.91 Å². The Balaban J connectivity index is 2.11. The molecule has 1 fully saturated rings. The first-order chi connectivity index (χ1) is 8.08. The highest BCUT2D eigenvalue weighted by atomic mass is 19.2. The Morgan fingerprint density at radius 3 is 2.47 bits per heavy atom. The molecule has 1 saturated heterocycles. The maximum atomic E-state index is 13.0. The summed E-state index contributed by atoms with van der Waals surface area (Å²) in [6.07, 6.45) is 1.94. The third-order valence-corrected chi connectivity index (χ3v) is 3.24. The molecule has 1 aromatic carbocycles. The van der Waals surface area contributed by atoms with Gasteiger partial charge in [-0.05, 0) is 37.0 Å². The standard InChI is InChI=1S/C13H15F2NO/c1-9-4-6-16(7-5-9)13(17)10-2-3-11(14)12(15)8-10/h2-3,8-9H,4-7H2,1H3. The smallest absolute Gasteiger partial charge is 0.253 e. The van der Waals surface area contributed by atoms with Crippen LogP contribution >= 0.6 is 0 Å². The van der Waals surface area contributed by atoms with E-state index in [2.05, 4.69) is 6.92 Å². The fraction of sp³-hybridized carbons (Fsp3) is 0.462. The van der Waals surface area contributed by atoms with Gasteiger partial charge in [0.2, 0.25) is 0 Å². The van der Waals surface area contributed by atoms with Gasteiger partial charge in [0, 0.05) is 18.7 Å². The highest BCUT2D eigenvalue weighted by Gasteiger charge is 2.21. The Hall–Kier alpha value is -1.45. The Kier molecular flexibility index (Phi) is 3.41. The number of benzene rings is 1. The van der Waals surface area contributed by atoms with Gasteiger partial charge in [0.15, 0.2) is 11.6 Å². The minimum Gasteiger partial charge on any atom is -0.339 e. The molecule has 1 aliphatic heterocycles. The molecule has 1 heterocycles. The predicted molar refractivity (Wildman–Crippen MR) is 60.7 cm³/mol. The second-order valence-corrected chi connectivity index (χ2v) is 4.60. The normalized spacial score (nSPS) is 17.2. The highest BCUT2D eigenvalue weighted by Crippen LogP contribution is 2.19. The largest absolute Gasteiger partial charge is 0.339 e. The molecule has 0 saturated carbocycles. The predicted octanol–water partition coefficient (Wildman–Crippen LogP) is 2.84. The van der Waals surface area contributed by atoms with Crippen LogP contribution in [0.2, 0.25) is 0 Å². The van der Waals surface area contributed by atoms with Crippen LogP contribution in [0.4, 0.5) is 8.78 Å². The number of nitrogens with zero attached hydrogens (tertiary/aromatic N) is 1. The molecule has 0 aromatic heterocycles. The van der Waals surface area contributed by atoms with Crippen LogP contribution in [0.25, 0.3) is 0 Å². The van der Waals surface area contributed by atoms with E-state index in [-0.39, 0.29) is 11.5 Å². The maximum absolute atomic E-state index is 13.0. The fourth-order valence-corrected chi connectivity index (χ4v) is 2.02. The van der Waals surface area contributed by atoms with Gasteiger partial charge in [-0.15, -0.1) is 0 Å². The van der Waals surface area contributed by atoms with Crippen molar-refractivity contribution in [3.8, 4) is 0 Å². The lowest BCUT2D eigenvalue weighted by Crippen LogP contribution is -2.37. The van der Waals surface area contributed by atoms with E-state index in [0.29, 0.717) is 19.0 Å². The molecule has 2 rings (SSSR count). The molecule has 2 nitrogen and oxygen atoms in total. The molecule has 0 bridgehead atoms. The summed E-state index contributed by atoms with van der Waals surface area (Å²) in [5.74, 6) is -1.48. The number of hydrogen-bond donors (Lipinski definition) is 0. The van der Waals surface area contributed by atoms with E-state index in [0.717, 1.165) is 25.0 Å². The Morgan fingerprint density at radius 2 is 1.88 bits per heavy atom. The second-order valence-electron chi connectivity index (χ2n) is 4.60. The van der Waals surface area contributed by atoms with Crippen molar-refractivity contribution in [2.75, 3.05) is 13.1 Å². The SMILES string of the molecule is CC1CCN(C(=O)c2ccc(F)c(F)c2)CC1. The molecule has 4 heteroatoms. The van der Waals surface area contributed by atoms with Gasteiger partial charge in [-0.2, -0.15) is 0 Å². The minimum atomic E-state index is -0.971. The third kappa shape index (κ3) is 2.62. The van der Waals surface area contributed by atoms with Crippen molar-refractivity contribution in [1.82, 2.24) is 4.90 Å². The summed E-state index contributed by atoms with van der Waals surface area (Å²) in [6.45, 7) is 3.54. The lowest BCUT2D eigenvalue weighted by atomic mass is 9.98. The molecule has 17 heavy (non-hydrogen) atoms. The second kappa shape index (κ2) is 4.82. The van der Waals surface area contributed by atoms with Crippen LogP contribution in [0.15, 0.2) is 18.2 Å². The minimum absolute atomic E-state index is 0.212. The van der Waals surface area contributed by atoms with Gasteiger partial charge in [-0.1, -0.05) is 6.92 Å². The summed E-state index contributed by atoms with van der Waals surface area (Å²) in [5.41, 5.74) is 0.221. The summed E-state index contributed by atoms with van der Waals surface area (Å²) < 4.78 is 25.8. The van der Waals surface area contributed by atoms with E-state index >= 15 is 0 Å². The van der Waals surface area contributed by atoms with Crippen molar-refractivity contribution in [3.63, 3.8) is 0 Å². The first-order valence-electron chi connectivity index (χ1n) is 5.82. The van der Waals surface area contributed by atoms with Crippen LogP contribution in [0.3, 0.4) is 0 Å². The van der Waals surface area contributed by atoms with Gasteiger partial charge in [-0.25, -0.2) is 8.78 Å². The zero-order chi connectivity index (χ0) is 12.4. The van der Waals surface area contributed by atoms with Crippen molar-refractivity contribution in [3.05, 3.63) is 35.4 Å². The van der Waals surface area contributed by atoms with E-state index in [9.17, 15) is 13.6 Å². The number of hydrogen-bond acceptors (Lipinski definition) is 1. The molecule has 0 atom stereocenters. The number of amides is 1. The van der Waals surface area contributed by atoms with Gasteiger partial charge < -0.3 is 4.90 Å². The number of likely N-dealkylation sites (tertiary alicyclic amines) is 1. The number of halogens is 2. The Morgan fingerprint density at radius 1 is 1.24 bits per heavy atom. The monoisotopic (exact) mass is 239 g/mol. The molecule has 92 valence electrons. The first-order valence-corrected chi connectivity index (χ1v) is 5.82. The van der Waals surface area contributed by atoms with Crippen molar-refractivity contribution in [1.29, 1.82) is 0 Å². The van der Waals surface area contributed by atoms with Crippen LogP contribution in [-0.2, 0) is 0 Å². The maximum Gasteiger partial charge on any atom is 0.253 e. The average molecular weight is 239 g/mol. The molecule has 1 aromatic rings. The molecule has 0 N–H and O–H groups in total. The summed E-state index contributed by atoms with van der Waals surface area (Å²) >= 11 is 0. The topological polar surface area (TPSA) is 20.3 Å². The van der Waals surface area contributed by atoms with E-state index in [4.69, 9.17) is 0 Å². The van der Waals surface area contributed by atoms with Crippen LogP contribution in [0.1, 0.15) is 30.1 Å². The van der Waals surface area contributed by atoms with Crippen LogP contribution in [0.5, 0.6) is 0 Å². The third-order valence-electron chi connectivity index (χ3n) is 3.24. The van der Waals surface area contributed by atoms with E-state index in [1.54, 1.807) is 4.90 Å². The number of carbonyl (C=O) groups excluding carboxylic acids is 1. The summed E-state index contributed by atoms with van der Waals surface area (Å²) in [7, 11) is 0. The molecule has 0 radical (unpaired) electrons. The van der Waals surface area contributed by atoms with E-state index in [1.165, 1.54) is 6.07 Å². The zero-order valence-electron chi connectivity index (χ0n) is 9.75. The van der Waals surface area contributed by atoms with Gasteiger partial charge in [-0.3, -0.25) is 4.79 Å². The highest BCUT2D eigenvalue weighted by molar-refractivity contribution is 5.94. The first kappa shape index (κ1) is 12.0. The van der Waals surface area contributed by atoms with Crippen molar-refractivity contribution < 1.29 is 13.6 Å². The zero-order valence-corrected chi connectivity index (χ0v) is 9.75. The Bertz CT molecular complexity index is 425. The molecule has 1 amide bonds. The van der Waals surface area contributed by atoms with Crippen molar-refractivity contribution in [2.24, 2.45) is 5.92 Å². The van der Waals surface area contributed by atoms with Crippen LogP contribution in [0, 0.1) is 17.6 Å². The molecule has 0 unspecified atom stereocenters. The number of carbonyl (C=O) groups is 1. The van der Waals surface area contributed by atoms with E-state index < -0.39 is 11.6 Å². The van der Waals surface area contributed by atoms with Crippen LogP contribution < -0.4 is 0 Å². The van der Waals surface area contributed by atoms with Gasteiger partial charge in [0.1, 0.15) is 0 Å². The lowest BCUT2D eigenvalue weighted by Gasteiger charge is -2.30. The van der Waals surface area contributed by atoms with Crippen molar-refractivity contribution in [2.45, 2.75) is 19.8 Å². The number of piperidine rings is 1. The van der Waals surface area contributed by atoms with Gasteiger partial charge in [0.05, 0.1) is 0 Å². The molecular formula is C13H15F2NO. The molecular weight excluding hydrogens is 224 g/mol. The molecule has 0 spiro atoms. The molecule has 1 aliphatic rings.